The molecule has 23 heavy (non-hydrogen) atoms. The van der Waals surface area contributed by atoms with Crippen molar-refractivity contribution in [2.45, 2.75) is 6.10 Å². The highest BCUT2D eigenvalue weighted by Crippen LogP contribution is 2.41. The van der Waals surface area contributed by atoms with Crippen LogP contribution >= 0.6 is 0 Å². The summed E-state index contributed by atoms with van der Waals surface area (Å²) in [5.41, 5.74) is 0.501. The third-order valence-electron chi connectivity index (χ3n) is 5.04. The molecule has 1 atom stereocenters. The van der Waals surface area contributed by atoms with E-state index in [-0.39, 0.29) is 12.1 Å². The van der Waals surface area contributed by atoms with Crippen molar-refractivity contribution in [2.75, 3.05) is 46.6 Å². The van der Waals surface area contributed by atoms with Gasteiger partial charge in [0.15, 0.2) is 0 Å². The van der Waals surface area contributed by atoms with Gasteiger partial charge in [-0.1, -0.05) is 0 Å². The van der Waals surface area contributed by atoms with Crippen LogP contribution in [0.5, 0.6) is 5.75 Å². The number of ether oxygens (including phenoxy) is 2. The van der Waals surface area contributed by atoms with Crippen LogP contribution in [0.25, 0.3) is 0 Å². The van der Waals surface area contributed by atoms with Crippen LogP contribution in [-0.2, 0) is 18.7 Å². The molecular weight excluding hydrogens is 301 g/mol. The Labute approximate surface area is 134 Å². The fraction of sp³-hybridized carbons (Fsp3) is 0.533. The van der Waals surface area contributed by atoms with E-state index in [0.717, 1.165) is 24.0 Å². The summed E-state index contributed by atoms with van der Waals surface area (Å²) in [5.74, 6) is 0.337. The zero-order chi connectivity index (χ0) is 15.9. The van der Waals surface area contributed by atoms with Crippen LogP contribution in [0.1, 0.15) is 10.4 Å². The van der Waals surface area contributed by atoms with Crippen molar-refractivity contribution in [1.29, 1.82) is 0 Å². The Balaban J connectivity index is 1.37. The predicted octanol–water partition coefficient (Wildman–Crippen LogP) is 0.564. The Hall–Kier alpha value is -1.61. The topological polar surface area (TPSA) is 63.2 Å². The van der Waals surface area contributed by atoms with Gasteiger partial charge in [0.25, 0.3) is 0 Å². The lowest BCUT2D eigenvalue weighted by atomic mass is 9.94. The molecule has 3 fully saturated rings. The van der Waals surface area contributed by atoms with Gasteiger partial charge in [-0.25, -0.2) is 4.79 Å². The highest BCUT2D eigenvalue weighted by molar-refractivity contribution is 6.54. The third-order valence-corrected chi connectivity index (χ3v) is 5.04. The van der Waals surface area contributed by atoms with Crippen molar-refractivity contribution >= 4 is 12.9 Å². The third kappa shape index (κ3) is 2.33. The molecule has 3 heterocycles. The maximum atomic E-state index is 11.4. The number of esters is 1. The normalized spacial score (nSPS) is 34.9. The van der Waals surface area contributed by atoms with Gasteiger partial charge in [0.1, 0.15) is 18.5 Å². The smallest absolute Gasteiger partial charge is 0.491 e. The minimum absolute atomic E-state index is 0.0455. The first kappa shape index (κ1) is 15.0. The Morgan fingerprint density at radius 2 is 1.96 bits per heavy atom. The second-order valence-corrected chi connectivity index (χ2v) is 6.28. The number of quaternary nitrogens is 1. The van der Waals surface area contributed by atoms with Crippen LogP contribution in [0.4, 0.5) is 0 Å². The Kier molecular flexibility index (Phi) is 3.57. The fourth-order valence-electron chi connectivity index (χ4n) is 3.86. The van der Waals surface area contributed by atoms with Crippen LogP contribution < -0.4 is 4.74 Å². The number of carbonyl (C=O) groups is 1. The number of hydrogen-bond acceptors (Lipinski definition) is 6. The Morgan fingerprint density at radius 3 is 2.57 bits per heavy atom. The molecule has 0 radical (unpaired) electrons. The molecule has 0 N–H and O–H groups in total. The monoisotopic (exact) mass is 321 g/mol. The predicted molar refractivity (Wildman–Crippen MR) is 80.7 cm³/mol. The number of methoxy groups -OCH3 is 1. The lowest BCUT2D eigenvalue weighted by Crippen LogP contribution is -2.59. The molecule has 3 aliphatic heterocycles. The van der Waals surface area contributed by atoms with Gasteiger partial charge in [0.05, 0.1) is 45.5 Å². The van der Waals surface area contributed by atoms with Gasteiger partial charge in [0, 0.05) is 0 Å². The molecule has 124 valence electrons. The van der Waals surface area contributed by atoms with Crippen molar-refractivity contribution in [1.82, 2.24) is 0 Å². The SMILES string of the molecule is COC(=O)c1ccc(OC[C@@H]2C[N+]34CCO[B-]3(OCC4)O2)cc1. The lowest BCUT2D eigenvalue weighted by molar-refractivity contribution is -0.816. The highest BCUT2D eigenvalue weighted by Gasteiger charge is 2.66. The molecule has 4 rings (SSSR count). The molecule has 3 aliphatic rings. The van der Waals surface area contributed by atoms with Gasteiger partial charge < -0.3 is 27.8 Å². The molecule has 7 nitrogen and oxygen atoms in total. The van der Waals surface area contributed by atoms with Crippen molar-refractivity contribution in [3.05, 3.63) is 29.8 Å². The Morgan fingerprint density at radius 1 is 1.26 bits per heavy atom. The molecule has 1 aromatic carbocycles. The summed E-state index contributed by atoms with van der Waals surface area (Å²) < 4.78 is 28.9. The molecule has 1 aromatic rings. The van der Waals surface area contributed by atoms with E-state index < -0.39 is 6.89 Å². The van der Waals surface area contributed by atoms with Gasteiger partial charge in [-0.3, -0.25) is 0 Å². The zero-order valence-electron chi connectivity index (χ0n) is 13.1. The maximum Gasteiger partial charge on any atom is 0.625 e. The number of benzene rings is 1. The quantitative estimate of drug-likeness (QED) is 0.597. The van der Waals surface area contributed by atoms with Crippen LogP contribution in [0.2, 0.25) is 0 Å². The van der Waals surface area contributed by atoms with Gasteiger partial charge in [-0.05, 0) is 24.3 Å². The number of nitrogens with zero attached hydrogens (tertiary/aromatic N) is 1. The van der Waals surface area contributed by atoms with Gasteiger partial charge >= 0.3 is 12.9 Å². The average molecular weight is 321 g/mol. The van der Waals surface area contributed by atoms with E-state index >= 15 is 0 Å². The van der Waals surface area contributed by atoms with Crippen LogP contribution in [-0.4, -0.2) is 69.9 Å². The zero-order valence-corrected chi connectivity index (χ0v) is 13.1. The van der Waals surface area contributed by atoms with E-state index in [1.807, 2.05) is 0 Å². The second-order valence-electron chi connectivity index (χ2n) is 6.28. The summed E-state index contributed by atoms with van der Waals surface area (Å²) in [6.45, 7) is 2.96. The highest BCUT2D eigenvalue weighted by atomic mass is 16.8. The van der Waals surface area contributed by atoms with Crippen molar-refractivity contribution < 1.29 is 32.6 Å². The number of rotatable bonds is 4. The molecular formula is C15H20BNO6. The molecule has 0 unspecified atom stereocenters. The summed E-state index contributed by atoms with van der Waals surface area (Å²) in [5, 5.41) is 0. The van der Waals surface area contributed by atoms with E-state index in [4.69, 9.17) is 18.7 Å². The molecule has 0 bridgehead atoms. The molecule has 8 heteroatoms. The van der Waals surface area contributed by atoms with Crippen LogP contribution in [0.3, 0.4) is 0 Å². The maximum absolute atomic E-state index is 11.4. The van der Waals surface area contributed by atoms with Crippen molar-refractivity contribution in [2.24, 2.45) is 0 Å². The Bertz CT molecular complexity index is 576. The van der Waals surface area contributed by atoms with Gasteiger partial charge in [-0.2, -0.15) is 0 Å². The second kappa shape index (κ2) is 5.49. The van der Waals surface area contributed by atoms with E-state index in [2.05, 4.69) is 4.74 Å². The fourth-order valence-corrected chi connectivity index (χ4v) is 3.86. The summed E-state index contributed by atoms with van der Waals surface area (Å²) in [7, 11) is 1.36. The number of carbonyl (C=O) groups excluding carboxylic acids is 1. The standard InChI is InChI=1S/C15H20BNO6/c1-19-15(18)12-2-4-13(5-3-12)20-11-14-10-17-6-8-21-16(17,23-14)22-9-7-17/h2-5,14H,6-11H2,1H3/t14-,16?,17?/m0/s1. The summed E-state index contributed by atoms with van der Waals surface area (Å²) >= 11 is 0. The minimum Gasteiger partial charge on any atom is -0.491 e. The van der Waals surface area contributed by atoms with E-state index in [1.165, 1.54) is 7.11 Å². The molecule has 0 saturated carbocycles. The molecule has 3 saturated heterocycles. The first-order valence-corrected chi connectivity index (χ1v) is 7.92. The van der Waals surface area contributed by atoms with Crippen LogP contribution in [0, 0.1) is 0 Å². The summed E-state index contributed by atoms with van der Waals surface area (Å²) in [4.78, 5) is 11.4. The van der Waals surface area contributed by atoms with E-state index in [9.17, 15) is 4.79 Å². The number of hydrogen-bond donors (Lipinski definition) is 0. The summed E-state index contributed by atoms with van der Waals surface area (Å²) in [6, 6.07) is 6.88. The van der Waals surface area contributed by atoms with Gasteiger partial charge in [0.2, 0.25) is 0 Å². The van der Waals surface area contributed by atoms with Crippen molar-refractivity contribution in [3.63, 3.8) is 0 Å². The van der Waals surface area contributed by atoms with Crippen molar-refractivity contribution in [3.8, 4) is 5.75 Å². The van der Waals surface area contributed by atoms with E-state index in [0.29, 0.717) is 31.1 Å². The van der Waals surface area contributed by atoms with Crippen LogP contribution in [0.15, 0.2) is 24.3 Å². The molecule has 0 aliphatic carbocycles. The minimum atomic E-state index is -1.63. The first-order chi connectivity index (χ1) is 11.2. The first-order valence-electron chi connectivity index (χ1n) is 7.92. The molecule has 0 aromatic heterocycles. The lowest BCUT2D eigenvalue weighted by Gasteiger charge is -2.37. The largest absolute Gasteiger partial charge is 0.625 e. The molecule has 0 spiro atoms. The average Bonchev–Trinajstić information content (AvgIpc) is 3.14. The van der Waals surface area contributed by atoms with Gasteiger partial charge in [-0.15, -0.1) is 0 Å². The van der Waals surface area contributed by atoms with E-state index in [1.54, 1.807) is 24.3 Å². The molecule has 0 amide bonds. The summed E-state index contributed by atoms with van der Waals surface area (Å²) in [6.07, 6.45) is -0.0455.